The fraction of sp³-hybridized carbons (Fsp3) is 0.308. The van der Waals surface area contributed by atoms with Crippen LogP contribution in [0.25, 0.3) is 10.9 Å². The second-order valence-corrected chi connectivity index (χ2v) is 4.05. The number of aromatic nitrogens is 1. The van der Waals surface area contributed by atoms with Crippen molar-refractivity contribution in [2.45, 2.75) is 6.42 Å². The van der Waals surface area contributed by atoms with Crippen LogP contribution in [0.5, 0.6) is 0 Å². The molecule has 0 aliphatic rings. The van der Waals surface area contributed by atoms with E-state index in [4.69, 9.17) is 0 Å². The van der Waals surface area contributed by atoms with E-state index in [0.29, 0.717) is 24.0 Å². The van der Waals surface area contributed by atoms with Gasteiger partial charge in [-0.3, -0.25) is 4.79 Å². The lowest BCUT2D eigenvalue weighted by molar-refractivity contribution is 0.606. The maximum absolute atomic E-state index is 13.8. The average Bonchev–Trinajstić information content (AvgIpc) is 2.33. The molecule has 0 saturated carbocycles. The van der Waals surface area contributed by atoms with Gasteiger partial charge in [0.05, 0.1) is 5.52 Å². The fourth-order valence-corrected chi connectivity index (χ4v) is 2.03. The molecule has 0 atom stereocenters. The predicted molar refractivity (Wildman–Crippen MR) is 66.8 cm³/mol. The van der Waals surface area contributed by atoms with E-state index in [-0.39, 0.29) is 11.4 Å². The minimum Gasteiger partial charge on any atom is -0.319 e. The van der Waals surface area contributed by atoms with Crippen molar-refractivity contribution in [2.24, 2.45) is 7.05 Å². The highest BCUT2D eigenvalue weighted by Crippen LogP contribution is 2.20. The van der Waals surface area contributed by atoms with Gasteiger partial charge in [0.25, 0.3) is 5.56 Å². The van der Waals surface area contributed by atoms with Gasteiger partial charge in [0.2, 0.25) is 0 Å². The van der Waals surface area contributed by atoms with Crippen LogP contribution in [0.15, 0.2) is 29.1 Å². The molecule has 17 heavy (non-hydrogen) atoms. The first kappa shape index (κ1) is 11.8. The summed E-state index contributed by atoms with van der Waals surface area (Å²) in [6.45, 7) is 0.680. The van der Waals surface area contributed by atoms with E-state index in [2.05, 4.69) is 5.32 Å². The summed E-state index contributed by atoms with van der Waals surface area (Å²) in [7, 11) is 3.50. The monoisotopic (exact) mass is 234 g/mol. The molecular formula is C13H15FN2O. The number of fused-ring (bicyclic) bond motifs is 1. The van der Waals surface area contributed by atoms with Crippen LogP contribution in [0.4, 0.5) is 4.39 Å². The summed E-state index contributed by atoms with van der Waals surface area (Å²) in [4.78, 5) is 11.6. The van der Waals surface area contributed by atoms with Crippen molar-refractivity contribution in [3.05, 3.63) is 46.0 Å². The van der Waals surface area contributed by atoms with Crippen molar-refractivity contribution in [2.75, 3.05) is 13.6 Å². The van der Waals surface area contributed by atoms with Gasteiger partial charge in [0.15, 0.2) is 0 Å². The third kappa shape index (κ3) is 2.08. The molecule has 0 spiro atoms. The molecule has 3 nitrogen and oxygen atoms in total. The highest BCUT2D eigenvalue weighted by atomic mass is 19.1. The molecule has 90 valence electrons. The first-order chi connectivity index (χ1) is 8.15. The molecule has 1 aromatic carbocycles. The summed E-state index contributed by atoms with van der Waals surface area (Å²) in [5.41, 5.74) is 1.17. The lowest BCUT2D eigenvalue weighted by atomic mass is 10.1. The van der Waals surface area contributed by atoms with Crippen LogP contribution in [-0.4, -0.2) is 18.2 Å². The van der Waals surface area contributed by atoms with E-state index in [1.165, 1.54) is 16.7 Å². The summed E-state index contributed by atoms with van der Waals surface area (Å²) >= 11 is 0. The van der Waals surface area contributed by atoms with E-state index in [1.54, 1.807) is 19.2 Å². The molecule has 0 saturated heterocycles. The Labute approximate surface area is 98.9 Å². The van der Waals surface area contributed by atoms with Crippen LogP contribution in [0.3, 0.4) is 0 Å². The Morgan fingerprint density at radius 2 is 2.00 bits per heavy atom. The van der Waals surface area contributed by atoms with E-state index < -0.39 is 0 Å². The Morgan fingerprint density at radius 3 is 2.71 bits per heavy atom. The van der Waals surface area contributed by atoms with Gasteiger partial charge in [-0.25, -0.2) is 4.39 Å². The zero-order valence-corrected chi connectivity index (χ0v) is 9.96. The van der Waals surface area contributed by atoms with E-state index in [9.17, 15) is 9.18 Å². The van der Waals surface area contributed by atoms with Crippen LogP contribution in [-0.2, 0) is 13.5 Å². The number of nitrogens with zero attached hydrogens (tertiary/aromatic N) is 1. The molecule has 1 aromatic heterocycles. The highest BCUT2D eigenvalue weighted by Gasteiger charge is 2.10. The van der Waals surface area contributed by atoms with Crippen LogP contribution in [0, 0.1) is 5.82 Å². The van der Waals surface area contributed by atoms with E-state index >= 15 is 0 Å². The average molecular weight is 234 g/mol. The molecule has 0 radical (unpaired) electrons. The summed E-state index contributed by atoms with van der Waals surface area (Å²) < 4.78 is 15.3. The molecule has 4 heteroatoms. The van der Waals surface area contributed by atoms with Crippen molar-refractivity contribution in [3.8, 4) is 0 Å². The number of halogens is 1. The van der Waals surface area contributed by atoms with E-state index in [1.807, 2.05) is 7.05 Å². The van der Waals surface area contributed by atoms with Gasteiger partial charge in [-0.2, -0.15) is 0 Å². The SMILES string of the molecule is CNCCc1c(F)ccc2ccc(=O)n(C)c12. The van der Waals surface area contributed by atoms with Crippen LogP contribution in [0.1, 0.15) is 5.56 Å². The number of benzene rings is 1. The molecule has 2 rings (SSSR count). The maximum atomic E-state index is 13.8. The normalized spacial score (nSPS) is 11.0. The quantitative estimate of drug-likeness (QED) is 0.872. The molecule has 1 heterocycles. The van der Waals surface area contributed by atoms with Gasteiger partial charge in [-0.1, -0.05) is 0 Å². The number of likely N-dealkylation sites (N-methyl/N-ethyl adjacent to an activating group) is 1. The smallest absolute Gasteiger partial charge is 0.250 e. The van der Waals surface area contributed by atoms with Gasteiger partial charge >= 0.3 is 0 Å². The second kappa shape index (κ2) is 4.67. The number of pyridine rings is 1. The molecular weight excluding hydrogens is 219 g/mol. The lowest BCUT2D eigenvalue weighted by Crippen LogP contribution is -2.18. The number of hydrogen-bond donors (Lipinski definition) is 1. The number of aryl methyl sites for hydroxylation is 1. The summed E-state index contributed by atoms with van der Waals surface area (Å²) in [5.74, 6) is -0.256. The minimum atomic E-state index is -0.256. The summed E-state index contributed by atoms with van der Waals surface area (Å²) in [6, 6.07) is 6.40. The van der Waals surface area contributed by atoms with Crippen molar-refractivity contribution in [1.82, 2.24) is 9.88 Å². The number of rotatable bonds is 3. The van der Waals surface area contributed by atoms with Crippen LogP contribution < -0.4 is 10.9 Å². The van der Waals surface area contributed by atoms with Crippen molar-refractivity contribution in [1.29, 1.82) is 0 Å². The lowest BCUT2D eigenvalue weighted by Gasteiger charge is -2.11. The van der Waals surface area contributed by atoms with Gasteiger partial charge in [-0.15, -0.1) is 0 Å². The van der Waals surface area contributed by atoms with Crippen molar-refractivity contribution < 1.29 is 4.39 Å². The molecule has 0 bridgehead atoms. The first-order valence-corrected chi connectivity index (χ1v) is 5.57. The third-order valence-electron chi connectivity index (χ3n) is 2.95. The van der Waals surface area contributed by atoms with Crippen molar-refractivity contribution >= 4 is 10.9 Å². The predicted octanol–water partition coefficient (Wildman–Crippen LogP) is 1.44. The molecule has 0 aliphatic heterocycles. The topological polar surface area (TPSA) is 34.0 Å². The van der Waals surface area contributed by atoms with Gasteiger partial charge in [-0.05, 0) is 43.6 Å². The Kier molecular flexibility index (Phi) is 3.24. The standard InChI is InChI=1S/C13H15FN2O/c1-15-8-7-10-11(14)5-3-9-4-6-12(17)16(2)13(9)10/h3-6,15H,7-8H2,1-2H3. The first-order valence-electron chi connectivity index (χ1n) is 5.57. The molecule has 0 fully saturated rings. The van der Waals surface area contributed by atoms with Crippen LogP contribution >= 0.6 is 0 Å². The molecule has 1 N–H and O–H groups in total. The van der Waals surface area contributed by atoms with Gasteiger partial charge < -0.3 is 9.88 Å². The van der Waals surface area contributed by atoms with Crippen molar-refractivity contribution in [3.63, 3.8) is 0 Å². The Morgan fingerprint density at radius 1 is 1.29 bits per heavy atom. The Hall–Kier alpha value is -1.68. The third-order valence-corrected chi connectivity index (χ3v) is 2.95. The zero-order chi connectivity index (χ0) is 12.4. The van der Waals surface area contributed by atoms with Gasteiger partial charge in [0, 0.05) is 18.7 Å². The van der Waals surface area contributed by atoms with Gasteiger partial charge in [0.1, 0.15) is 5.82 Å². The summed E-state index contributed by atoms with van der Waals surface area (Å²) in [6.07, 6.45) is 0.566. The second-order valence-electron chi connectivity index (χ2n) is 4.05. The van der Waals surface area contributed by atoms with E-state index in [0.717, 1.165) is 5.39 Å². The Bertz CT molecular complexity index is 604. The zero-order valence-electron chi connectivity index (χ0n) is 9.96. The molecule has 0 aliphatic carbocycles. The number of hydrogen-bond acceptors (Lipinski definition) is 2. The van der Waals surface area contributed by atoms with Crippen LogP contribution in [0.2, 0.25) is 0 Å². The largest absolute Gasteiger partial charge is 0.319 e. The highest BCUT2D eigenvalue weighted by molar-refractivity contribution is 5.82. The molecule has 0 unspecified atom stereocenters. The maximum Gasteiger partial charge on any atom is 0.250 e. The fourth-order valence-electron chi connectivity index (χ4n) is 2.03. The molecule has 0 amide bonds. The molecule has 2 aromatic rings. The number of nitrogens with one attached hydrogen (secondary N) is 1. The Balaban J connectivity index is 2.73. The summed E-state index contributed by atoms with van der Waals surface area (Å²) in [5, 5.41) is 3.88. The minimum absolute atomic E-state index is 0.117.